The molecule has 0 fully saturated rings. The third-order valence-electron chi connectivity index (χ3n) is 4.54. The van der Waals surface area contributed by atoms with Crippen LogP contribution >= 0.6 is 0 Å². The van der Waals surface area contributed by atoms with Crippen LogP contribution in [0.4, 0.5) is 0 Å². The molecule has 1 amide bonds. The van der Waals surface area contributed by atoms with Crippen molar-refractivity contribution in [1.29, 1.82) is 0 Å². The normalized spacial score (nSPS) is 14.0. The lowest BCUT2D eigenvalue weighted by atomic mass is 9.89. The fourth-order valence-corrected chi connectivity index (χ4v) is 3.05. The van der Waals surface area contributed by atoms with Gasteiger partial charge in [-0.15, -0.1) is 0 Å². The number of aryl methyl sites for hydroxylation is 2. The smallest absolute Gasteiger partial charge is 0.220 e. The van der Waals surface area contributed by atoms with Gasteiger partial charge in [0, 0.05) is 24.9 Å². The van der Waals surface area contributed by atoms with Gasteiger partial charge in [-0.3, -0.25) is 9.59 Å². The molecule has 0 aliphatic heterocycles. The van der Waals surface area contributed by atoms with Crippen LogP contribution in [0.2, 0.25) is 0 Å². The number of rotatable bonds is 9. The van der Waals surface area contributed by atoms with Crippen LogP contribution in [0.25, 0.3) is 0 Å². The summed E-state index contributed by atoms with van der Waals surface area (Å²) in [5.41, 5.74) is 2.80. The van der Waals surface area contributed by atoms with E-state index in [0.29, 0.717) is 12.1 Å². The first-order valence-electron chi connectivity index (χ1n) is 9.08. The molecule has 2 N–H and O–H groups in total. The molecule has 2 rings (SSSR count). The van der Waals surface area contributed by atoms with Crippen molar-refractivity contribution in [3.05, 3.63) is 34.9 Å². The molecule has 1 aromatic rings. The third-order valence-corrected chi connectivity index (χ3v) is 4.54. The van der Waals surface area contributed by atoms with Crippen LogP contribution in [0.5, 0.6) is 0 Å². The third kappa shape index (κ3) is 6.25. The van der Waals surface area contributed by atoms with Crippen LogP contribution in [0, 0.1) is 0 Å². The molecule has 0 heterocycles. The van der Waals surface area contributed by atoms with E-state index < -0.39 is 5.60 Å². The van der Waals surface area contributed by atoms with Gasteiger partial charge in [0.1, 0.15) is 0 Å². The number of Topliss-reactive ketones (excluding diaryl/α,β-unsaturated/α-hetero) is 1. The van der Waals surface area contributed by atoms with Crippen LogP contribution in [-0.2, 0) is 22.4 Å². The fourth-order valence-electron chi connectivity index (χ4n) is 3.05. The summed E-state index contributed by atoms with van der Waals surface area (Å²) in [6.45, 7) is 4.23. The SMILES string of the molecule is CC(C)(CNC(=O)CCC(=O)c1ccc2c(c1)CCCC2)OCCO. The van der Waals surface area contributed by atoms with E-state index in [1.54, 1.807) is 0 Å². The molecule has 0 radical (unpaired) electrons. The van der Waals surface area contributed by atoms with Gasteiger partial charge in [-0.25, -0.2) is 0 Å². The van der Waals surface area contributed by atoms with Crippen molar-refractivity contribution in [3.8, 4) is 0 Å². The predicted octanol–water partition coefficient (Wildman–Crippen LogP) is 2.43. The molecule has 1 aromatic carbocycles. The average Bonchev–Trinajstić information content (AvgIpc) is 2.62. The highest BCUT2D eigenvalue weighted by Crippen LogP contribution is 2.23. The number of ketones is 1. The summed E-state index contributed by atoms with van der Waals surface area (Å²) in [5, 5.41) is 11.6. The molecule has 1 aliphatic rings. The van der Waals surface area contributed by atoms with Crippen LogP contribution in [0.3, 0.4) is 0 Å². The number of hydrogen-bond acceptors (Lipinski definition) is 4. The highest BCUT2D eigenvalue weighted by atomic mass is 16.5. The molecule has 0 saturated heterocycles. The number of carbonyl (C=O) groups is 2. The van der Waals surface area contributed by atoms with E-state index in [1.807, 2.05) is 26.0 Å². The Balaban J connectivity index is 1.78. The van der Waals surface area contributed by atoms with Crippen molar-refractivity contribution in [2.75, 3.05) is 19.8 Å². The lowest BCUT2D eigenvalue weighted by Gasteiger charge is -2.25. The lowest BCUT2D eigenvalue weighted by Crippen LogP contribution is -2.41. The monoisotopic (exact) mass is 347 g/mol. The van der Waals surface area contributed by atoms with E-state index in [-0.39, 0.29) is 37.7 Å². The first-order valence-corrected chi connectivity index (χ1v) is 9.08. The highest BCUT2D eigenvalue weighted by Gasteiger charge is 2.20. The number of hydrogen-bond donors (Lipinski definition) is 2. The molecular formula is C20H29NO4. The number of fused-ring (bicyclic) bond motifs is 1. The van der Waals surface area contributed by atoms with E-state index in [4.69, 9.17) is 9.84 Å². The summed E-state index contributed by atoms with van der Waals surface area (Å²) in [7, 11) is 0. The molecule has 5 nitrogen and oxygen atoms in total. The standard InChI is InChI=1S/C20H29NO4/c1-20(2,25-12-11-22)14-21-19(24)10-9-18(23)17-8-7-15-5-3-4-6-16(15)13-17/h7-8,13,22H,3-6,9-12,14H2,1-2H3,(H,21,24). The van der Waals surface area contributed by atoms with E-state index in [0.717, 1.165) is 12.8 Å². The van der Waals surface area contributed by atoms with Gasteiger partial charge in [0.25, 0.3) is 0 Å². The van der Waals surface area contributed by atoms with Crippen molar-refractivity contribution < 1.29 is 19.4 Å². The molecule has 0 atom stereocenters. The Hall–Kier alpha value is -1.72. The summed E-state index contributed by atoms with van der Waals surface area (Å²) in [6.07, 6.45) is 4.93. The van der Waals surface area contributed by atoms with Gasteiger partial charge in [0.2, 0.25) is 5.91 Å². The molecule has 25 heavy (non-hydrogen) atoms. The van der Waals surface area contributed by atoms with E-state index in [2.05, 4.69) is 11.4 Å². The summed E-state index contributed by atoms with van der Waals surface area (Å²) in [4.78, 5) is 24.3. The number of aliphatic hydroxyl groups is 1. The van der Waals surface area contributed by atoms with Gasteiger partial charge in [0.05, 0.1) is 18.8 Å². The number of aliphatic hydroxyl groups excluding tert-OH is 1. The topological polar surface area (TPSA) is 75.6 Å². The zero-order valence-corrected chi connectivity index (χ0v) is 15.3. The predicted molar refractivity (Wildman–Crippen MR) is 96.8 cm³/mol. The van der Waals surface area contributed by atoms with Gasteiger partial charge in [-0.05, 0) is 56.7 Å². The van der Waals surface area contributed by atoms with Gasteiger partial charge in [0.15, 0.2) is 5.78 Å². The molecule has 1 aliphatic carbocycles. The maximum atomic E-state index is 12.3. The van der Waals surface area contributed by atoms with E-state index >= 15 is 0 Å². The molecular weight excluding hydrogens is 318 g/mol. The second-order valence-electron chi connectivity index (χ2n) is 7.22. The first-order chi connectivity index (χ1) is 11.9. The van der Waals surface area contributed by atoms with Crippen molar-refractivity contribution in [3.63, 3.8) is 0 Å². The Bertz CT molecular complexity index is 610. The largest absolute Gasteiger partial charge is 0.394 e. The minimum Gasteiger partial charge on any atom is -0.394 e. The maximum Gasteiger partial charge on any atom is 0.220 e. The highest BCUT2D eigenvalue weighted by molar-refractivity contribution is 5.98. The Morgan fingerprint density at radius 3 is 2.60 bits per heavy atom. The molecule has 0 spiro atoms. The Morgan fingerprint density at radius 1 is 1.16 bits per heavy atom. The summed E-state index contributed by atoms with van der Waals surface area (Å²) in [5.74, 6) is -0.147. The minimum absolute atomic E-state index is 0.0133. The zero-order chi connectivity index (χ0) is 18.3. The molecule has 0 aromatic heterocycles. The number of amides is 1. The fraction of sp³-hybridized carbons (Fsp3) is 0.600. The molecule has 0 bridgehead atoms. The minimum atomic E-state index is -0.541. The summed E-state index contributed by atoms with van der Waals surface area (Å²) in [6, 6.07) is 5.94. The second kappa shape index (κ2) is 9.11. The van der Waals surface area contributed by atoms with Crippen molar-refractivity contribution in [2.24, 2.45) is 0 Å². The maximum absolute atomic E-state index is 12.3. The number of ether oxygens (including phenoxy) is 1. The molecule has 0 unspecified atom stereocenters. The van der Waals surface area contributed by atoms with Crippen LogP contribution in [0.15, 0.2) is 18.2 Å². The Kier molecular flexibility index (Phi) is 7.14. The van der Waals surface area contributed by atoms with E-state index in [1.165, 1.54) is 24.0 Å². The van der Waals surface area contributed by atoms with Crippen LogP contribution in [-0.4, -0.2) is 42.2 Å². The summed E-state index contributed by atoms with van der Waals surface area (Å²) < 4.78 is 5.45. The van der Waals surface area contributed by atoms with Crippen LogP contribution in [0.1, 0.15) is 61.0 Å². The number of carbonyl (C=O) groups excluding carboxylic acids is 2. The van der Waals surface area contributed by atoms with E-state index in [9.17, 15) is 9.59 Å². The van der Waals surface area contributed by atoms with Gasteiger partial charge < -0.3 is 15.2 Å². The lowest BCUT2D eigenvalue weighted by molar-refractivity contribution is -0.122. The van der Waals surface area contributed by atoms with Crippen molar-refractivity contribution in [1.82, 2.24) is 5.32 Å². The average molecular weight is 347 g/mol. The zero-order valence-electron chi connectivity index (χ0n) is 15.3. The first kappa shape index (κ1) is 19.6. The summed E-state index contributed by atoms with van der Waals surface area (Å²) >= 11 is 0. The van der Waals surface area contributed by atoms with Crippen LogP contribution < -0.4 is 5.32 Å². The Morgan fingerprint density at radius 2 is 1.88 bits per heavy atom. The Labute approximate surface area is 149 Å². The molecule has 138 valence electrons. The van der Waals surface area contributed by atoms with Crippen molar-refractivity contribution >= 4 is 11.7 Å². The number of nitrogens with one attached hydrogen (secondary N) is 1. The van der Waals surface area contributed by atoms with Gasteiger partial charge >= 0.3 is 0 Å². The molecule has 5 heteroatoms. The van der Waals surface area contributed by atoms with Gasteiger partial charge in [-0.2, -0.15) is 0 Å². The van der Waals surface area contributed by atoms with Crippen molar-refractivity contribution in [2.45, 2.75) is 58.0 Å². The molecule has 0 saturated carbocycles. The quantitative estimate of drug-likeness (QED) is 0.673. The van der Waals surface area contributed by atoms with Gasteiger partial charge in [-0.1, -0.05) is 12.1 Å². The number of benzene rings is 1. The second-order valence-corrected chi connectivity index (χ2v) is 7.22.